The monoisotopic (exact) mass is 351 g/mol. The summed E-state index contributed by atoms with van der Waals surface area (Å²) in [7, 11) is 0. The van der Waals surface area contributed by atoms with Crippen LogP contribution < -0.4 is 5.32 Å². The number of anilines is 1. The summed E-state index contributed by atoms with van der Waals surface area (Å²) in [4.78, 5) is 12.4. The number of aryl methyl sites for hydroxylation is 2. The largest absolute Gasteiger partial charge is 0.322 e. The first-order chi connectivity index (χ1) is 10.7. The van der Waals surface area contributed by atoms with E-state index < -0.39 is 0 Å². The Bertz CT molecular complexity index is 887. The maximum Gasteiger partial charge on any atom is 0.255 e. The van der Waals surface area contributed by atoms with Crippen molar-refractivity contribution in [1.82, 2.24) is 0 Å². The van der Waals surface area contributed by atoms with Gasteiger partial charge in [-0.1, -0.05) is 46.3 Å². The lowest BCUT2D eigenvalue weighted by molar-refractivity contribution is 0.102. The van der Waals surface area contributed by atoms with Gasteiger partial charge in [0, 0.05) is 15.7 Å². The lowest BCUT2D eigenvalue weighted by Crippen LogP contribution is -2.12. The molecule has 0 aliphatic heterocycles. The van der Waals surface area contributed by atoms with Gasteiger partial charge in [0.1, 0.15) is 0 Å². The molecule has 0 saturated heterocycles. The van der Waals surface area contributed by atoms with Crippen molar-refractivity contribution in [2.45, 2.75) is 12.8 Å². The molecule has 0 saturated carbocycles. The second kappa shape index (κ2) is 5.25. The van der Waals surface area contributed by atoms with Crippen molar-refractivity contribution in [3.63, 3.8) is 0 Å². The number of nitrogens with one attached hydrogen (secondary N) is 1. The van der Waals surface area contributed by atoms with Crippen LogP contribution in [0.1, 0.15) is 21.5 Å². The highest BCUT2D eigenvalue weighted by Crippen LogP contribution is 2.38. The van der Waals surface area contributed by atoms with Crippen molar-refractivity contribution in [2.75, 3.05) is 5.32 Å². The summed E-state index contributed by atoms with van der Waals surface area (Å²) in [6, 6.07) is 17.7. The molecule has 0 unspecified atom stereocenters. The van der Waals surface area contributed by atoms with Gasteiger partial charge >= 0.3 is 0 Å². The zero-order chi connectivity index (χ0) is 15.1. The molecule has 3 aromatic carbocycles. The molecule has 1 aliphatic rings. The number of hydrogen-bond donors (Lipinski definition) is 1. The molecule has 0 fully saturated rings. The molecule has 3 heteroatoms. The summed E-state index contributed by atoms with van der Waals surface area (Å²) in [5.74, 6) is -0.0559. The van der Waals surface area contributed by atoms with E-state index in [0.29, 0.717) is 5.56 Å². The highest BCUT2D eigenvalue weighted by molar-refractivity contribution is 9.10. The summed E-state index contributed by atoms with van der Waals surface area (Å²) in [5.41, 5.74) is 4.22. The first-order valence-corrected chi connectivity index (χ1v) is 8.13. The van der Waals surface area contributed by atoms with Gasteiger partial charge in [-0.3, -0.25) is 4.79 Å². The van der Waals surface area contributed by atoms with Gasteiger partial charge in [-0.25, -0.2) is 0 Å². The van der Waals surface area contributed by atoms with E-state index in [9.17, 15) is 4.79 Å². The molecule has 1 amide bonds. The van der Waals surface area contributed by atoms with E-state index in [1.165, 1.54) is 21.9 Å². The van der Waals surface area contributed by atoms with Crippen LogP contribution in [0.25, 0.3) is 10.8 Å². The Balaban J connectivity index is 1.77. The van der Waals surface area contributed by atoms with Gasteiger partial charge in [0.2, 0.25) is 0 Å². The molecule has 0 heterocycles. The van der Waals surface area contributed by atoms with Crippen molar-refractivity contribution in [3.8, 4) is 0 Å². The molecule has 4 rings (SSSR count). The highest BCUT2D eigenvalue weighted by atomic mass is 79.9. The summed E-state index contributed by atoms with van der Waals surface area (Å²) in [6.45, 7) is 0. The number of halogens is 1. The molecule has 0 aromatic heterocycles. The minimum absolute atomic E-state index is 0.0559. The highest BCUT2D eigenvalue weighted by Gasteiger charge is 2.20. The van der Waals surface area contributed by atoms with Gasteiger partial charge in [0.15, 0.2) is 0 Å². The fourth-order valence-corrected chi connectivity index (χ4v) is 3.65. The summed E-state index contributed by atoms with van der Waals surface area (Å²) >= 11 is 3.62. The Kier molecular flexibility index (Phi) is 3.23. The van der Waals surface area contributed by atoms with Crippen LogP contribution in [0, 0.1) is 0 Å². The van der Waals surface area contributed by atoms with E-state index in [2.05, 4.69) is 39.4 Å². The standard InChI is InChI=1S/C19H14BrNO/c20-16-10-7-12-6-8-15-17(11-9-14(16)18(12)15)21-19(22)13-4-2-1-3-5-13/h1-5,7,9-11H,6,8H2,(H,21,22). The van der Waals surface area contributed by atoms with Gasteiger partial charge < -0.3 is 5.32 Å². The molecule has 2 nitrogen and oxygen atoms in total. The minimum Gasteiger partial charge on any atom is -0.322 e. The van der Waals surface area contributed by atoms with Crippen molar-refractivity contribution in [3.05, 3.63) is 75.8 Å². The van der Waals surface area contributed by atoms with E-state index in [1.54, 1.807) is 0 Å². The third-order valence-electron chi connectivity index (χ3n) is 4.25. The quantitative estimate of drug-likeness (QED) is 0.694. The van der Waals surface area contributed by atoms with Crippen LogP contribution in [-0.2, 0) is 12.8 Å². The Morgan fingerprint density at radius 3 is 2.59 bits per heavy atom. The van der Waals surface area contributed by atoms with Gasteiger partial charge in [0.05, 0.1) is 0 Å². The Morgan fingerprint density at radius 2 is 1.77 bits per heavy atom. The SMILES string of the molecule is O=C(Nc1ccc2c(Br)ccc3c2c1CC3)c1ccccc1. The van der Waals surface area contributed by atoms with E-state index in [1.807, 2.05) is 36.4 Å². The van der Waals surface area contributed by atoms with Crippen molar-refractivity contribution >= 4 is 38.3 Å². The first-order valence-electron chi connectivity index (χ1n) is 7.33. The summed E-state index contributed by atoms with van der Waals surface area (Å²) in [6.07, 6.45) is 2.02. The Hall–Kier alpha value is -2.13. The topological polar surface area (TPSA) is 29.1 Å². The second-order valence-electron chi connectivity index (χ2n) is 5.54. The van der Waals surface area contributed by atoms with Crippen LogP contribution >= 0.6 is 15.9 Å². The van der Waals surface area contributed by atoms with Crippen LogP contribution in [0.15, 0.2) is 59.1 Å². The molecule has 0 bridgehead atoms. The lowest BCUT2D eigenvalue weighted by Gasteiger charge is -2.11. The Labute approximate surface area is 137 Å². The van der Waals surface area contributed by atoms with Gasteiger partial charge in [-0.2, -0.15) is 0 Å². The fraction of sp³-hybridized carbons (Fsp3) is 0.105. The molecule has 3 aromatic rings. The number of amides is 1. The van der Waals surface area contributed by atoms with Gasteiger partial charge in [0.25, 0.3) is 5.91 Å². The second-order valence-corrected chi connectivity index (χ2v) is 6.40. The first kappa shape index (κ1) is 13.5. The lowest BCUT2D eigenvalue weighted by atomic mass is 10.0. The zero-order valence-electron chi connectivity index (χ0n) is 11.9. The molecular weight excluding hydrogens is 338 g/mol. The van der Waals surface area contributed by atoms with Crippen molar-refractivity contribution in [1.29, 1.82) is 0 Å². The van der Waals surface area contributed by atoms with Crippen molar-refractivity contribution < 1.29 is 4.79 Å². The molecule has 1 aliphatic carbocycles. The van der Waals surface area contributed by atoms with E-state index in [4.69, 9.17) is 0 Å². The predicted octanol–water partition coefficient (Wildman–Crippen LogP) is 4.95. The van der Waals surface area contributed by atoms with Gasteiger partial charge in [-0.15, -0.1) is 0 Å². The molecule has 22 heavy (non-hydrogen) atoms. The van der Waals surface area contributed by atoms with Crippen LogP contribution in [0.3, 0.4) is 0 Å². The van der Waals surface area contributed by atoms with E-state index in [0.717, 1.165) is 23.0 Å². The number of carbonyl (C=O) groups excluding carboxylic acids is 1. The zero-order valence-corrected chi connectivity index (χ0v) is 13.5. The molecular formula is C19H14BrNO. The maximum atomic E-state index is 12.4. The average molecular weight is 352 g/mol. The molecule has 0 spiro atoms. The van der Waals surface area contributed by atoms with Crippen LogP contribution in [0.4, 0.5) is 5.69 Å². The third kappa shape index (κ3) is 2.13. The Morgan fingerprint density at radius 1 is 0.955 bits per heavy atom. The number of hydrogen-bond acceptors (Lipinski definition) is 1. The fourth-order valence-electron chi connectivity index (χ4n) is 3.19. The average Bonchev–Trinajstić information content (AvgIpc) is 2.98. The summed E-state index contributed by atoms with van der Waals surface area (Å²) < 4.78 is 1.11. The predicted molar refractivity (Wildman–Crippen MR) is 93.5 cm³/mol. The van der Waals surface area contributed by atoms with Crippen LogP contribution in [0.2, 0.25) is 0 Å². The molecule has 0 atom stereocenters. The van der Waals surface area contributed by atoms with Crippen LogP contribution in [-0.4, -0.2) is 5.91 Å². The number of benzene rings is 3. The smallest absolute Gasteiger partial charge is 0.255 e. The molecule has 0 radical (unpaired) electrons. The maximum absolute atomic E-state index is 12.4. The van der Waals surface area contributed by atoms with E-state index >= 15 is 0 Å². The normalized spacial score (nSPS) is 12.6. The van der Waals surface area contributed by atoms with Gasteiger partial charge in [-0.05, 0) is 59.0 Å². The summed E-state index contributed by atoms with van der Waals surface area (Å²) in [5, 5.41) is 5.59. The number of rotatable bonds is 2. The number of carbonyl (C=O) groups is 1. The third-order valence-corrected chi connectivity index (χ3v) is 4.94. The minimum atomic E-state index is -0.0559. The van der Waals surface area contributed by atoms with Crippen molar-refractivity contribution in [2.24, 2.45) is 0 Å². The van der Waals surface area contributed by atoms with E-state index in [-0.39, 0.29) is 5.91 Å². The molecule has 108 valence electrons. The van der Waals surface area contributed by atoms with Crippen LogP contribution in [0.5, 0.6) is 0 Å². The molecule has 1 N–H and O–H groups in total.